The molecule has 0 fully saturated rings. The minimum atomic E-state index is -0.956. The molecule has 0 atom stereocenters. The third-order valence-corrected chi connectivity index (χ3v) is 1.82. The van der Waals surface area contributed by atoms with Gasteiger partial charge in [-0.05, 0) is 25.0 Å². The van der Waals surface area contributed by atoms with E-state index in [1.807, 2.05) is 0 Å². The van der Waals surface area contributed by atoms with Gasteiger partial charge in [0.2, 0.25) is 0 Å². The lowest BCUT2D eigenvalue weighted by Crippen LogP contribution is -2.17. The molecule has 1 rings (SSSR count). The third-order valence-electron chi connectivity index (χ3n) is 1.82. The Morgan fingerprint density at radius 1 is 1.33 bits per heavy atom. The predicted octanol–water partition coefficient (Wildman–Crippen LogP) is 2.38. The number of aliphatic hydroxyl groups is 1. The number of hydrogen-bond donors (Lipinski definition) is 1. The Kier molecular flexibility index (Phi) is 2.48. The number of halogens is 1. The van der Waals surface area contributed by atoms with Gasteiger partial charge in [0, 0.05) is 0 Å². The van der Waals surface area contributed by atoms with Gasteiger partial charge in [0.15, 0.2) is 0 Å². The molecule has 66 valence electrons. The second-order valence-corrected chi connectivity index (χ2v) is 3.35. The minimum Gasteiger partial charge on any atom is -0.386 e. The average molecular weight is 168 g/mol. The molecule has 1 N–H and O–H groups in total. The van der Waals surface area contributed by atoms with E-state index in [2.05, 4.69) is 0 Å². The van der Waals surface area contributed by atoms with Crippen molar-refractivity contribution >= 4 is 0 Å². The van der Waals surface area contributed by atoms with Crippen LogP contribution in [0, 0.1) is 0 Å². The summed E-state index contributed by atoms with van der Waals surface area (Å²) in [5, 5.41) is 9.63. The maximum absolute atomic E-state index is 12.4. The normalized spacial score (nSPS) is 11.7. The van der Waals surface area contributed by atoms with Crippen LogP contribution in [0.15, 0.2) is 24.3 Å². The summed E-state index contributed by atoms with van der Waals surface area (Å²) in [6.45, 7) is 2.78. The lowest BCUT2D eigenvalue weighted by atomic mass is 9.94. The fourth-order valence-corrected chi connectivity index (χ4v) is 1.23. The Morgan fingerprint density at radius 2 is 1.92 bits per heavy atom. The highest BCUT2D eigenvalue weighted by Crippen LogP contribution is 2.23. The summed E-state index contributed by atoms with van der Waals surface area (Å²) in [5.41, 5.74) is 0.264. The molecule has 12 heavy (non-hydrogen) atoms. The van der Waals surface area contributed by atoms with Gasteiger partial charge in [0.05, 0.1) is 5.60 Å². The fraction of sp³-hybridized carbons (Fsp3) is 0.400. The van der Waals surface area contributed by atoms with Crippen molar-refractivity contribution in [2.45, 2.75) is 26.1 Å². The zero-order chi connectivity index (χ0) is 9.19. The number of alkyl halides is 1. The van der Waals surface area contributed by atoms with Crippen LogP contribution in [-0.2, 0) is 12.3 Å². The van der Waals surface area contributed by atoms with Gasteiger partial charge in [-0.1, -0.05) is 24.3 Å². The number of hydrogen-bond acceptors (Lipinski definition) is 1. The van der Waals surface area contributed by atoms with E-state index in [-0.39, 0.29) is 0 Å². The second kappa shape index (κ2) is 3.23. The van der Waals surface area contributed by atoms with E-state index in [0.29, 0.717) is 11.1 Å². The molecule has 1 nitrogen and oxygen atoms in total. The van der Waals surface area contributed by atoms with Crippen molar-refractivity contribution in [3.63, 3.8) is 0 Å². The largest absolute Gasteiger partial charge is 0.386 e. The van der Waals surface area contributed by atoms with Gasteiger partial charge in [-0.25, -0.2) is 4.39 Å². The van der Waals surface area contributed by atoms with Gasteiger partial charge in [-0.3, -0.25) is 0 Å². The van der Waals surface area contributed by atoms with E-state index in [1.54, 1.807) is 38.1 Å². The van der Waals surface area contributed by atoms with Gasteiger partial charge in [-0.15, -0.1) is 0 Å². The lowest BCUT2D eigenvalue weighted by Gasteiger charge is -2.20. The van der Waals surface area contributed by atoms with Crippen LogP contribution in [-0.4, -0.2) is 5.11 Å². The zero-order valence-corrected chi connectivity index (χ0v) is 7.34. The Balaban J connectivity index is 3.14. The molecule has 0 amide bonds. The van der Waals surface area contributed by atoms with Gasteiger partial charge < -0.3 is 5.11 Å². The molecule has 0 aromatic heterocycles. The van der Waals surface area contributed by atoms with Gasteiger partial charge in [0.1, 0.15) is 6.67 Å². The standard InChI is InChI=1S/C10H13FO/c1-10(2,12)9-6-4-3-5-8(9)7-11/h3-6,12H,7H2,1-2H3. The number of rotatable bonds is 2. The molecule has 1 aromatic rings. The van der Waals surface area contributed by atoms with Crippen molar-refractivity contribution in [2.75, 3.05) is 0 Å². The SMILES string of the molecule is CC(C)(O)c1ccccc1CF. The van der Waals surface area contributed by atoms with E-state index in [1.165, 1.54) is 0 Å². The Hall–Kier alpha value is -0.890. The highest BCUT2D eigenvalue weighted by Gasteiger charge is 2.18. The predicted molar refractivity (Wildman–Crippen MR) is 46.5 cm³/mol. The molecule has 0 unspecified atom stereocenters. The van der Waals surface area contributed by atoms with Crippen LogP contribution in [0.5, 0.6) is 0 Å². The van der Waals surface area contributed by atoms with E-state index in [0.717, 1.165) is 0 Å². The number of benzene rings is 1. The Labute approximate surface area is 71.9 Å². The lowest BCUT2D eigenvalue weighted by molar-refractivity contribution is 0.0770. The first-order valence-corrected chi connectivity index (χ1v) is 3.92. The molecule has 0 aliphatic rings. The van der Waals surface area contributed by atoms with Crippen molar-refractivity contribution in [3.05, 3.63) is 35.4 Å². The molecular formula is C10H13FO. The van der Waals surface area contributed by atoms with Crippen LogP contribution in [0.3, 0.4) is 0 Å². The summed E-state index contributed by atoms with van der Waals surface area (Å²) >= 11 is 0. The van der Waals surface area contributed by atoms with Crippen LogP contribution in [0.1, 0.15) is 25.0 Å². The smallest absolute Gasteiger partial charge is 0.115 e. The van der Waals surface area contributed by atoms with E-state index < -0.39 is 12.3 Å². The van der Waals surface area contributed by atoms with Gasteiger partial charge >= 0.3 is 0 Å². The second-order valence-electron chi connectivity index (χ2n) is 3.35. The molecule has 0 spiro atoms. The first-order valence-electron chi connectivity index (χ1n) is 3.92. The summed E-state index contributed by atoms with van der Waals surface area (Å²) < 4.78 is 12.4. The quantitative estimate of drug-likeness (QED) is 0.718. The van der Waals surface area contributed by atoms with Crippen molar-refractivity contribution in [1.29, 1.82) is 0 Å². The Bertz CT molecular complexity index is 263. The molecule has 0 aliphatic carbocycles. The van der Waals surface area contributed by atoms with Gasteiger partial charge in [-0.2, -0.15) is 0 Å². The molecule has 1 aromatic carbocycles. The summed E-state index contributed by atoms with van der Waals surface area (Å²) in [6.07, 6.45) is 0. The first kappa shape index (κ1) is 9.20. The maximum Gasteiger partial charge on any atom is 0.115 e. The van der Waals surface area contributed by atoms with Gasteiger partial charge in [0.25, 0.3) is 0 Å². The molecule has 0 saturated heterocycles. The van der Waals surface area contributed by atoms with Crippen LogP contribution >= 0.6 is 0 Å². The molecule has 0 radical (unpaired) electrons. The van der Waals surface area contributed by atoms with Crippen LogP contribution in [0.25, 0.3) is 0 Å². The van der Waals surface area contributed by atoms with Crippen molar-refractivity contribution < 1.29 is 9.50 Å². The summed E-state index contributed by atoms with van der Waals surface area (Å²) in [4.78, 5) is 0. The average Bonchev–Trinajstić information content (AvgIpc) is 2.03. The fourth-order valence-electron chi connectivity index (χ4n) is 1.23. The summed E-state index contributed by atoms with van der Waals surface area (Å²) in [6, 6.07) is 7.00. The van der Waals surface area contributed by atoms with E-state index >= 15 is 0 Å². The highest BCUT2D eigenvalue weighted by molar-refractivity contribution is 5.30. The van der Waals surface area contributed by atoms with Crippen LogP contribution in [0.4, 0.5) is 4.39 Å². The molecular weight excluding hydrogens is 155 g/mol. The summed E-state index contributed by atoms with van der Waals surface area (Å²) in [7, 11) is 0. The third kappa shape index (κ3) is 1.83. The van der Waals surface area contributed by atoms with Crippen molar-refractivity contribution in [2.24, 2.45) is 0 Å². The topological polar surface area (TPSA) is 20.2 Å². The van der Waals surface area contributed by atoms with E-state index in [9.17, 15) is 9.50 Å². The van der Waals surface area contributed by atoms with Crippen LogP contribution < -0.4 is 0 Å². The Morgan fingerprint density at radius 3 is 2.33 bits per heavy atom. The molecule has 2 heteroatoms. The van der Waals surface area contributed by atoms with Crippen molar-refractivity contribution in [1.82, 2.24) is 0 Å². The zero-order valence-electron chi connectivity index (χ0n) is 7.34. The molecule has 0 bridgehead atoms. The molecule has 0 aliphatic heterocycles. The van der Waals surface area contributed by atoms with E-state index in [4.69, 9.17) is 0 Å². The van der Waals surface area contributed by atoms with Crippen molar-refractivity contribution in [3.8, 4) is 0 Å². The highest BCUT2D eigenvalue weighted by atomic mass is 19.1. The molecule has 0 heterocycles. The van der Waals surface area contributed by atoms with Crippen LogP contribution in [0.2, 0.25) is 0 Å². The molecule has 0 saturated carbocycles. The maximum atomic E-state index is 12.4. The summed E-state index contributed by atoms with van der Waals surface area (Å²) in [5.74, 6) is 0. The first-order chi connectivity index (χ1) is 5.55. The monoisotopic (exact) mass is 168 g/mol. The minimum absolute atomic E-state index is 0.528.